The maximum Gasteiger partial charge on any atom is 0.267 e. The van der Waals surface area contributed by atoms with Crippen LogP contribution in [0.1, 0.15) is 46.4 Å². The monoisotopic (exact) mass is 377 g/mol. The molecule has 0 aliphatic rings. The minimum atomic E-state index is -0.284. The van der Waals surface area contributed by atoms with Crippen molar-refractivity contribution >= 4 is 43.9 Å². The normalized spacial score (nSPS) is 11.2. The van der Waals surface area contributed by atoms with Gasteiger partial charge in [0.25, 0.3) is 11.5 Å². The lowest BCUT2D eigenvalue weighted by molar-refractivity contribution is 0.103. The van der Waals surface area contributed by atoms with Crippen LogP contribution in [0, 0.1) is 13.8 Å². The number of unbranched alkanes of at least 4 members (excludes halogenated alkanes) is 2. The molecule has 1 N–H and O–H groups in total. The molecule has 25 heavy (non-hydrogen) atoms. The Kier molecular flexibility index (Phi) is 5.24. The van der Waals surface area contributed by atoms with Crippen molar-refractivity contribution in [2.45, 2.75) is 46.6 Å². The molecule has 3 rings (SSSR count). The van der Waals surface area contributed by atoms with E-state index in [0.29, 0.717) is 32.3 Å². The maximum atomic E-state index is 12.7. The number of fused-ring (bicyclic) bond motifs is 1. The van der Waals surface area contributed by atoms with Gasteiger partial charge < -0.3 is 0 Å². The van der Waals surface area contributed by atoms with Crippen LogP contribution in [0.4, 0.5) is 5.13 Å². The fourth-order valence-corrected chi connectivity index (χ4v) is 4.19. The molecule has 0 radical (unpaired) electrons. The van der Waals surface area contributed by atoms with Gasteiger partial charge in [-0.2, -0.15) is 0 Å². The van der Waals surface area contributed by atoms with Crippen molar-refractivity contribution in [2.75, 3.05) is 5.32 Å². The molecule has 0 saturated carbocycles. The maximum absolute atomic E-state index is 12.7. The van der Waals surface area contributed by atoms with Crippen LogP contribution in [-0.4, -0.2) is 25.7 Å². The van der Waals surface area contributed by atoms with E-state index in [4.69, 9.17) is 0 Å². The Morgan fingerprint density at radius 1 is 1.24 bits per heavy atom. The number of carbonyl (C=O) groups is 1. The second-order valence-corrected chi connectivity index (χ2v) is 7.95. The van der Waals surface area contributed by atoms with Crippen molar-refractivity contribution in [2.24, 2.45) is 0 Å². The quantitative estimate of drug-likeness (QED) is 0.665. The molecule has 0 fully saturated rings. The van der Waals surface area contributed by atoms with E-state index in [1.165, 1.54) is 22.7 Å². The van der Waals surface area contributed by atoms with Crippen LogP contribution >= 0.6 is 22.7 Å². The van der Waals surface area contributed by atoms with E-state index in [1.807, 2.05) is 6.92 Å². The number of nitrogens with one attached hydrogen (secondary N) is 1. The summed E-state index contributed by atoms with van der Waals surface area (Å²) in [7, 11) is 0. The molecular formula is C16H19N5O2S2. The molecular weight excluding hydrogens is 358 g/mol. The molecule has 9 heteroatoms. The van der Waals surface area contributed by atoms with E-state index in [9.17, 15) is 9.59 Å². The zero-order valence-corrected chi connectivity index (χ0v) is 16.0. The highest BCUT2D eigenvalue weighted by Crippen LogP contribution is 2.28. The third-order valence-electron chi connectivity index (χ3n) is 3.87. The van der Waals surface area contributed by atoms with Gasteiger partial charge in [-0.1, -0.05) is 31.1 Å². The average Bonchev–Trinajstić information content (AvgIpc) is 3.13. The summed E-state index contributed by atoms with van der Waals surface area (Å²) in [6.45, 7) is 6.38. The molecule has 1 amide bonds. The minimum absolute atomic E-state index is 0.0827. The van der Waals surface area contributed by atoms with E-state index in [2.05, 4.69) is 27.4 Å². The van der Waals surface area contributed by atoms with Crippen LogP contribution in [0.25, 0.3) is 10.2 Å². The summed E-state index contributed by atoms with van der Waals surface area (Å²) in [6, 6.07) is 0. The standard InChI is InChI=1S/C16H19N5O2S2/c1-4-5-6-7-21-8-17-14-11(15(21)23)9(2)12(25-14)13(22)18-16-20-19-10(3)24-16/h8H,4-7H2,1-3H3,(H,18,20,22). The Balaban J connectivity index is 1.92. The molecule has 3 aromatic rings. The van der Waals surface area contributed by atoms with Crippen molar-refractivity contribution in [3.05, 3.63) is 32.1 Å². The highest BCUT2D eigenvalue weighted by molar-refractivity contribution is 7.21. The van der Waals surface area contributed by atoms with E-state index in [-0.39, 0.29) is 11.5 Å². The highest BCUT2D eigenvalue weighted by atomic mass is 32.1. The lowest BCUT2D eigenvalue weighted by Gasteiger charge is -2.04. The van der Waals surface area contributed by atoms with Crippen LogP contribution in [0.15, 0.2) is 11.1 Å². The summed E-state index contributed by atoms with van der Waals surface area (Å²) in [5.41, 5.74) is 0.585. The number of aromatic nitrogens is 4. The molecule has 0 saturated heterocycles. The number of hydrogen-bond donors (Lipinski definition) is 1. The lowest BCUT2D eigenvalue weighted by Crippen LogP contribution is -2.20. The van der Waals surface area contributed by atoms with Crippen molar-refractivity contribution in [1.29, 1.82) is 0 Å². The minimum Gasteiger partial charge on any atom is -0.299 e. The molecule has 0 aliphatic heterocycles. The highest BCUT2D eigenvalue weighted by Gasteiger charge is 2.20. The summed E-state index contributed by atoms with van der Waals surface area (Å²) >= 11 is 2.54. The Morgan fingerprint density at radius 2 is 2.04 bits per heavy atom. The third-order valence-corrected chi connectivity index (χ3v) is 5.83. The van der Waals surface area contributed by atoms with Gasteiger partial charge in [0, 0.05) is 6.54 Å². The Hall–Kier alpha value is -2.13. The number of anilines is 1. The van der Waals surface area contributed by atoms with Crippen LogP contribution in [-0.2, 0) is 6.54 Å². The number of aryl methyl sites for hydroxylation is 3. The molecule has 0 unspecified atom stereocenters. The van der Waals surface area contributed by atoms with Crippen LogP contribution in [0.2, 0.25) is 0 Å². The van der Waals surface area contributed by atoms with E-state index >= 15 is 0 Å². The first-order chi connectivity index (χ1) is 12.0. The zero-order chi connectivity index (χ0) is 18.0. The van der Waals surface area contributed by atoms with Gasteiger partial charge in [-0.25, -0.2) is 4.98 Å². The molecule has 0 spiro atoms. The van der Waals surface area contributed by atoms with Gasteiger partial charge in [0.05, 0.1) is 16.6 Å². The van der Waals surface area contributed by atoms with Crippen molar-refractivity contribution < 1.29 is 4.79 Å². The van der Waals surface area contributed by atoms with Gasteiger partial charge in [0.15, 0.2) is 0 Å². The SMILES string of the molecule is CCCCCn1cnc2sc(C(=O)Nc3nnc(C)s3)c(C)c2c1=O. The van der Waals surface area contributed by atoms with Crippen molar-refractivity contribution in [1.82, 2.24) is 19.7 Å². The number of thiophene rings is 1. The molecule has 3 aromatic heterocycles. The van der Waals surface area contributed by atoms with Gasteiger partial charge in [-0.05, 0) is 25.8 Å². The van der Waals surface area contributed by atoms with Gasteiger partial charge >= 0.3 is 0 Å². The van der Waals surface area contributed by atoms with Crippen molar-refractivity contribution in [3.8, 4) is 0 Å². The number of rotatable bonds is 6. The van der Waals surface area contributed by atoms with Crippen LogP contribution in [0.3, 0.4) is 0 Å². The summed E-state index contributed by atoms with van der Waals surface area (Å²) in [5.74, 6) is -0.284. The summed E-state index contributed by atoms with van der Waals surface area (Å²) in [4.78, 5) is 30.7. The number of carbonyl (C=O) groups excluding carboxylic acids is 1. The predicted octanol–water partition coefficient (Wildman–Crippen LogP) is 3.37. The Morgan fingerprint density at radius 3 is 2.72 bits per heavy atom. The van der Waals surface area contributed by atoms with Gasteiger partial charge in [-0.15, -0.1) is 21.5 Å². The third kappa shape index (κ3) is 3.62. The molecule has 0 atom stereocenters. The second-order valence-electron chi connectivity index (χ2n) is 5.77. The molecule has 0 bridgehead atoms. The summed E-state index contributed by atoms with van der Waals surface area (Å²) in [5, 5.41) is 12.3. The largest absolute Gasteiger partial charge is 0.299 e. The number of hydrogen-bond acceptors (Lipinski definition) is 7. The van der Waals surface area contributed by atoms with E-state index in [0.717, 1.165) is 24.3 Å². The van der Waals surface area contributed by atoms with Crippen molar-refractivity contribution in [3.63, 3.8) is 0 Å². The number of amides is 1. The topological polar surface area (TPSA) is 89.8 Å². The van der Waals surface area contributed by atoms with Gasteiger partial charge in [-0.3, -0.25) is 19.5 Å². The molecule has 7 nitrogen and oxygen atoms in total. The predicted molar refractivity (Wildman–Crippen MR) is 101 cm³/mol. The summed E-state index contributed by atoms with van der Waals surface area (Å²) < 4.78 is 1.63. The zero-order valence-electron chi connectivity index (χ0n) is 14.3. The van der Waals surface area contributed by atoms with Crippen LogP contribution in [0.5, 0.6) is 0 Å². The Labute approximate surface area is 152 Å². The van der Waals surface area contributed by atoms with E-state index in [1.54, 1.807) is 17.8 Å². The first-order valence-electron chi connectivity index (χ1n) is 8.11. The number of nitrogens with zero attached hydrogens (tertiary/aromatic N) is 4. The first kappa shape index (κ1) is 17.7. The smallest absolute Gasteiger partial charge is 0.267 e. The van der Waals surface area contributed by atoms with Gasteiger partial charge in [0.2, 0.25) is 5.13 Å². The molecule has 0 aliphatic carbocycles. The fraction of sp³-hybridized carbons (Fsp3) is 0.438. The summed E-state index contributed by atoms with van der Waals surface area (Å²) in [6.07, 6.45) is 4.68. The molecule has 132 valence electrons. The second kappa shape index (κ2) is 7.40. The Bertz CT molecular complexity index is 973. The van der Waals surface area contributed by atoms with Crippen LogP contribution < -0.4 is 10.9 Å². The lowest BCUT2D eigenvalue weighted by atomic mass is 10.2. The molecule has 3 heterocycles. The van der Waals surface area contributed by atoms with Gasteiger partial charge in [0.1, 0.15) is 9.84 Å². The molecule has 0 aromatic carbocycles. The van der Waals surface area contributed by atoms with E-state index < -0.39 is 0 Å². The average molecular weight is 377 g/mol. The first-order valence-corrected chi connectivity index (χ1v) is 9.74. The fourth-order valence-electron chi connectivity index (χ4n) is 2.57.